The number of nitrogens with one attached hydrogen (secondary N) is 3. The average Bonchev–Trinajstić information content (AvgIpc) is 2.81. The second-order valence-corrected chi connectivity index (χ2v) is 10.9. The van der Waals surface area contributed by atoms with Crippen molar-refractivity contribution < 1.29 is 23.5 Å². The summed E-state index contributed by atoms with van der Waals surface area (Å²) in [5.41, 5.74) is 1.37. The van der Waals surface area contributed by atoms with Crippen LogP contribution in [0.1, 0.15) is 48.3 Å². The van der Waals surface area contributed by atoms with E-state index in [1.54, 1.807) is 45.0 Å². The maximum Gasteiger partial charge on any atom is 0.408 e. The van der Waals surface area contributed by atoms with Gasteiger partial charge in [-0.3, -0.25) is 9.59 Å². The normalized spacial score (nSPS) is 11.8. The lowest BCUT2D eigenvalue weighted by molar-refractivity contribution is -0.115. The van der Waals surface area contributed by atoms with Gasteiger partial charge in [-0.05, 0) is 86.5 Å². The van der Waals surface area contributed by atoms with Gasteiger partial charge in [0, 0.05) is 27.3 Å². The zero-order valence-electron chi connectivity index (χ0n) is 21.1. The van der Waals surface area contributed by atoms with E-state index >= 15 is 0 Å². The van der Waals surface area contributed by atoms with Crippen LogP contribution in [-0.2, 0) is 16.0 Å². The summed E-state index contributed by atoms with van der Waals surface area (Å²) in [6.45, 7) is 5.10. The molecule has 3 aromatic carbocycles. The Morgan fingerprint density at radius 3 is 2.26 bits per heavy atom. The third-order valence-electron chi connectivity index (χ3n) is 5.15. The Balaban J connectivity index is 1.62. The molecular formula is C28H28BrClFN3O4. The minimum Gasteiger partial charge on any atom is -0.444 e. The van der Waals surface area contributed by atoms with Gasteiger partial charge in [0.1, 0.15) is 11.4 Å². The number of benzene rings is 3. The van der Waals surface area contributed by atoms with Crippen LogP contribution in [0.5, 0.6) is 0 Å². The number of alkyl carbamates (subject to hydrolysis) is 1. The van der Waals surface area contributed by atoms with Crippen molar-refractivity contribution in [2.24, 2.45) is 0 Å². The highest BCUT2D eigenvalue weighted by atomic mass is 79.9. The SMILES string of the molecule is CC(C)(C)OC(=O)NC(CNC(=O)c1ccc(NC(=O)Cc2ccc(Br)cc2)cc1)c1cc(F)cc(Cl)c1. The summed E-state index contributed by atoms with van der Waals surface area (Å²) in [5.74, 6) is -1.18. The van der Waals surface area contributed by atoms with Gasteiger partial charge in [0.15, 0.2) is 0 Å². The van der Waals surface area contributed by atoms with Crippen molar-refractivity contribution >= 4 is 51.1 Å². The number of rotatable bonds is 8. The molecule has 3 aromatic rings. The lowest BCUT2D eigenvalue weighted by Crippen LogP contribution is -2.40. The van der Waals surface area contributed by atoms with Gasteiger partial charge in [0.25, 0.3) is 5.91 Å². The predicted octanol–water partition coefficient (Wildman–Crippen LogP) is 6.42. The van der Waals surface area contributed by atoms with E-state index in [4.69, 9.17) is 16.3 Å². The smallest absolute Gasteiger partial charge is 0.408 e. The molecule has 0 aromatic heterocycles. The molecule has 0 aliphatic heterocycles. The molecule has 0 heterocycles. The van der Waals surface area contributed by atoms with Crippen LogP contribution in [0.15, 0.2) is 71.2 Å². The minimum atomic E-state index is -0.806. The summed E-state index contributed by atoms with van der Waals surface area (Å²) >= 11 is 9.36. The number of ether oxygens (including phenoxy) is 1. The number of halogens is 3. The van der Waals surface area contributed by atoms with E-state index in [0.717, 1.165) is 16.1 Å². The second kappa shape index (κ2) is 12.9. The molecule has 0 bridgehead atoms. The fourth-order valence-corrected chi connectivity index (χ4v) is 3.97. The number of carbonyl (C=O) groups excluding carboxylic acids is 3. The Morgan fingerprint density at radius 2 is 1.66 bits per heavy atom. The van der Waals surface area contributed by atoms with Gasteiger partial charge in [-0.25, -0.2) is 9.18 Å². The molecule has 3 amide bonds. The Hall–Kier alpha value is -3.43. The van der Waals surface area contributed by atoms with Gasteiger partial charge in [0.05, 0.1) is 12.5 Å². The molecule has 3 rings (SSSR count). The number of anilines is 1. The summed E-state index contributed by atoms with van der Waals surface area (Å²) in [4.78, 5) is 37.5. The molecule has 10 heteroatoms. The molecular weight excluding hydrogens is 577 g/mol. The third-order valence-corrected chi connectivity index (χ3v) is 5.90. The van der Waals surface area contributed by atoms with Crippen LogP contribution >= 0.6 is 27.5 Å². The first-order valence-corrected chi connectivity index (χ1v) is 12.9. The van der Waals surface area contributed by atoms with Crippen LogP contribution < -0.4 is 16.0 Å². The summed E-state index contributed by atoms with van der Waals surface area (Å²) < 4.78 is 20.2. The summed E-state index contributed by atoms with van der Waals surface area (Å²) in [6, 6.07) is 16.9. The van der Waals surface area contributed by atoms with E-state index in [9.17, 15) is 18.8 Å². The Bertz CT molecular complexity index is 1270. The molecule has 1 unspecified atom stereocenters. The number of amides is 3. The Labute approximate surface area is 234 Å². The fraction of sp³-hybridized carbons (Fsp3) is 0.250. The van der Waals surface area contributed by atoms with Crippen LogP contribution in [0.25, 0.3) is 0 Å². The van der Waals surface area contributed by atoms with E-state index in [1.807, 2.05) is 24.3 Å². The van der Waals surface area contributed by atoms with Gasteiger partial charge in [-0.1, -0.05) is 39.7 Å². The molecule has 0 spiro atoms. The van der Waals surface area contributed by atoms with Crippen molar-refractivity contribution in [3.05, 3.63) is 98.7 Å². The molecule has 0 saturated heterocycles. The predicted molar refractivity (Wildman–Crippen MR) is 149 cm³/mol. The van der Waals surface area contributed by atoms with Crippen LogP contribution in [0.4, 0.5) is 14.9 Å². The van der Waals surface area contributed by atoms with Gasteiger partial charge in [-0.2, -0.15) is 0 Å². The highest BCUT2D eigenvalue weighted by Crippen LogP contribution is 2.21. The van der Waals surface area contributed by atoms with Gasteiger partial charge in [-0.15, -0.1) is 0 Å². The first-order chi connectivity index (χ1) is 17.9. The first kappa shape index (κ1) is 29.1. The van der Waals surface area contributed by atoms with Crippen LogP contribution in [0.3, 0.4) is 0 Å². The number of carbonyl (C=O) groups is 3. The molecule has 7 nitrogen and oxygen atoms in total. The largest absolute Gasteiger partial charge is 0.444 e. The van der Waals surface area contributed by atoms with E-state index < -0.39 is 29.5 Å². The molecule has 0 aliphatic carbocycles. The van der Waals surface area contributed by atoms with Gasteiger partial charge >= 0.3 is 6.09 Å². The van der Waals surface area contributed by atoms with Crippen LogP contribution in [-0.4, -0.2) is 30.1 Å². The standard InChI is InChI=1S/C28H28BrClFN3O4/c1-28(2,3)38-27(37)34-24(19-13-21(30)15-22(31)14-19)16-32-26(36)18-6-10-23(11-7-18)33-25(35)12-17-4-8-20(29)9-5-17/h4-11,13-15,24H,12,16H2,1-3H3,(H,32,36)(H,33,35)(H,34,37). The van der Waals surface area contributed by atoms with Crippen molar-refractivity contribution in [1.29, 1.82) is 0 Å². The third kappa shape index (κ3) is 9.46. The van der Waals surface area contributed by atoms with Crippen LogP contribution in [0, 0.1) is 5.82 Å². The molecule has 200 valence electrons. The zero-order chi connectivity index (χ0) is 27.9. The highest BCUT2D eigenvalue weighted by Gasteiger charge is 2.22. The minimum absolute atomic E-state index is 0.0520. The Morgan fingerprint density at radius 1 is 1.00 bits per heavy atom. The lowest BCUT2D eigenvalue weighted by Gasteiger charge is -2.24. The summed E-state index contributed by atoms with van der Waals surface area (Å²) in [5, 5.41) is 8.34. The van der Waals surface area contributed by atoms with Crippen molar-refractivity contribution in [2.75, 3.05) is 11.9 Å². The Kier molecular flexibility index (Phi) is 9.88. The maximum absolute atomic E-state index is 14.0. The monoisotopic (exact) mass is 603 g/mol. The van der Waals surface area contributed by atoms with E-state index in [0.29, 0.717) is 16.8 Å². The quantitative estimate of drug-likeness (QED) is 0.277. The maximum atomic E-state index is 14.0. The average molecular weight is 605 g/mol. The number of hydrogen-bond donors (Lipinski definition) is 3. The van der Waals surface area contributed by atoms with E-state index in [-0.39, 0.29) is 23.9 Å². The molecule has 0 aliphatic rings. The molecule has 0 radical (unpaired) electrons. The molecule has 0 saturated carbocycles. The zero-order valence-corrected chi connectivity index (χ0v) is 23.5. The first-order valence-electron chi connectivity index (χ1n) is 11.8. The molecule has 3 N–H and O–H groups in total. The molecule has 1 atom stereocenters. The fourth-order valence-electron chi connectivity index (χ4n) is 3.47. The van der Waals surface area contributed by atoms with E-state index in [2.05, 4.69) is 31.9 Å². The lowest BCUT2D eigenvalue weighted by atomic mass is 10.1. The van der Waals surface area contributed by atoms with E-state index in [1.165, 1.54) is 12.1 Å². The summed E-state index contributed by atoms with van der Waals surface area (Å²) in [7, 11) is 0. The topological polar surface area (TPSA) is 96.5 Å². The highest BCUT2D eigenvalue weighted by molar-refractivity contribution is 9.10. The van der Waals surface area contributed by atoms with Gasteiger partial charge < -0.3 is 20.7 Å². The molecule has 0 fully saturated rings. The summed E-state index contributed by atoms with van der Waals surface area (Å²) in [6.07, 6.45) is -0.508. The second-order valence-electron chi connectivity index (χ2n) is 9.54. The number of hydrogen-bond acceptors (Lipinski definition) is 4. The van der Waals surface area contributed by atoms with Crippen molar-refractivity contribution in [1.82, 2.24) is 10.6 Å². The van der Waals surface area contributed by atoms with Gasteiger partial charge in [0.2, 0.25) is 5.91 Å². The van der Waals surface area contributed by atoms with Crippen molar-refractivity contribution in [2.45, 2.75) is 38.8 Å². The van der Waals surface area contributed by atoms with Crippen molar-refractivity contribution in [3.8, 4) is 0 Å². The van der Waals surface area contributed by atoms with Crippen molar-refractivity contribution in [3.63, 3.8) is 0 Å². The molecule has 38 heavy (non-hydrogen) atoms. The van der Waals surface area contributed by atoms with Crippen LogP contribution in [0.2, 0.25) is 5.02 Å².